The molecule has 0 aromatic heterocycles. The number of carbonyl (C=O) groups excluding carboxylic acids is 2. The number of benzene rings is 2. The zero-order chi connectivity index (χ0) is 22.8. The molecule has 2 rings (SSSR count). The Morgan fingerprint density at radius 3 is 2.13 bits per heavy atom. The fraction of sp³-hybridized carbons (Fsp3) is 0.417. The Bertz CT molecular complexity index is 839. The average Bonchev–Trinajstić information content (AvgIpc) is 2.73. The number of nitrogens with one attached hydrogen (secondary N) is 1. The van der Waals surface area contributed by atoms with Crippen LogP contribution in [0.15, 0.2) is 48.5 Å². The van der Waals surface area contributed by atoms with Crippen molar-refractivity contribution >= 4 is 35.0 Å². The summed E-state index contributed by atoms with van der Waals surface area (Å²) in [6, 6.07) is 13.9. The van der Waals surface area contributed by atoms with E-state index in [0.29, 0.717) is 41.8 Å². The third kappa shape index (κ3) is 8.42. The molecule has 0 fully saturated rings. The van der Waals surface area contributed by atoms with Gasteiger partial charge in [0.05, 0.1) is 6.61 Å². The highest BCUT2D eigenvalue weighted by molar-refractivity contribution is 6.30. The van der Waals surface area contributed by atoms with Crippen LogP contribution in [-0.4, -0.2) is 35.4 Å². The molecule has 0 heterocycles. The second-order valence-electron chi connectivity index (χ2n) is 7.64. The minimum Gasteiger partial charge on any atom is -0.494 e. The van der Waals surface area contributed by atoms with Crippen molar-refractivity contribution in [1.82, 2.24) is 10.2 Å². The van der Waals surface area contributed by atoms with Crippen molar-refractivity contribution in [2.24, 2.45) is 0 Å². The molecule has 31 heavy (non-hydrogen) atoms. The Morgan fingerprint density at radius 2 is 1.58 bits per heavy atom. The van der Waals surface area contributed by atoms with E-state index in [2.05, 4.69) is 5.32 Å². The van der Waals surface area contributed by atoms with E-state index in [1.54, 1.807) is 41.3 Å². The summed E-state index contributed by atoms with van der Waals surface area (Å²) in [6.07, 6.45) is 1.35. The lowest BCUT2D eigenvalue weighted by Gasteiger charge is -2.31. The molecule has 0 bridgehead atoms. The quantitative estimate of drug-likeness (QED) is 0.447. The number of ether oxygens (including phenoxy) is 1. The molecule has 0 spiro atoms. The summed E-state index contributed by atoms with van der Waals surface area (Å²) in [6.45, 7) is 6.47. The highest BCUT2D eigenvalue weighted by Crippen LogP contribution is 2.18. The molecule has 0 aliphatic carbocycles. The molecule has 5 nitrogen and oxygen atoms in total. The number of hydrogen-bond donors (Lipinski definition) is 1. The second-order valence-corrected chi connectivity index (χ2v) is 8.51. The van der Waals surface area contributed by atoms with Crippen LogP contribution in [0.2, 0.25) is 10.0 Å². The lowest BCUT2D eigenvalue weighted by atomic mass is 10.1. The lowest BCUT2D eigenvalue weighted by Crippen LogP contribution is -2.50. The first-order valence-electron chi connectivity index (χ1n) is 10.5. The van der Waals surface area contributed by atoms with Gasteiger partial charge in [-0.05, 0) is 68.7 Å². The first kappa shape index (κ1) is 25.0. The molecule has 7 heteroatoms. The van der Waals surface area contributed by atoms with Crippen LogP contribution < -0.4 is 10.1 Å². The molecule has 168 valence electrons. The molecule has 2 aromatic carbocycles. The zero-order valence-electron chi connectivity index (χ0n) is 18.2. The van der Waals surface area contributed by atoms with Gasteiger partial charge in [-0.3, -0.25) is 9.59 Å². The maximum absolute atomic E-state index is 13.1. The largest absolute Gasteiger partial charge is 0.494 e. The third-order valence-electron chi connectivity index (χ3n) is 4.70. The van der Waals surface area contributed by atoms with E-state index in [4.69, 9.17) is 27.9 Å². The summed E-state index contributed by atoms with van der Waals surface area (Å²) in [5.41, 5.74) is 0.922. The molecule has 0 unspecified atom stereocenters. The van der Waals surface area contributed by atoms with Crippen molar-refractivity contribution in [3.8, 4) is 5.75 Å². The predicted molar refractivity (Wildman–Crippen MR) is 126 cm³/mol. The van der Waals surface area contributed by atoms with E-state index in [0.717, 1.165) is 5.56 Å². The van der Waals surface area contributed by atoms with Gasteiger partial charge in [0.2, 0.25) is 11.8 Å². The molecule has 0 saturated heterocycles. The van der Waals surface area contributed by atoms with Gasteiger partial charge < -0.3 is 15.0 Å². The van der Waals surface area contributed by atoms with Crippen LogP contribution in [0.3, 0.4) is 0 Å². The topological polar surface area (TPSA) is 58.6 Å². The summed E-state index contributed by atoms with van der Waals surface area (Å²) >= 11 is 11.9. The van der Waals surface area contributed by atoms with Crippen LogP contribution in [0.4, 0.5) is 0 Å². The van der Waals surface area contributed by atoms with Crippen molar-refractivity contribution < 1.29 is 14.3 Å². The summed E-state index contributed by atoms with van der Waals surface area (Å²) in [4.78, 5) is 27.5. The molecule has 0 saturated carbocycles. The van der Waals surface area contributed by atoms with Crippen molar-refractivity contribution in [3.63, 3.8) is 0 Å². The molecule has 0 aliphatic heterocycles. The van der Waals surface area contributed by atoms with Gasteiger partial charge in [0.15, 0.2) is 0 Å². The smallest absolute Gasteiger partial charge is 0.243 e. The van der Waals surface area contributed by atoms with Crippen LogP contribution in [0, 0.1) is 0 Å². The SMILES string of the molecule is CC[C@@H](C(=O)NC(C)C)N(Cc1ccc(Cl)cc1)C(=O)CCCOc1ccc(Cl)cc1. The second kappa shape index (κ2) is 12.6. The Labute approximate surface area is 194 Å². The fourth-order valence-electron chi connectivity index (χ4n) is 3.17. The number of carbonyl (C=O) groups is 2. The maximum Gasteiger partial charge on any atom is 0.243 e. The van der Waals surface area contributed by atoms with Crippen molar-refractivity contribution in [2.45, 2.75) is 58.7 Å². The first-order valence-corrected chi connectivity index (χ1v) is 11.3. The van der Waals surface area contributed by atoms with Crippen molar-refractivity contribution in [1.29, 1.82) is 0 Å². The van der Waals surface area contributed by atoms with E-state index in [1.807, 2.05) is 32.9 Å². The summed E-state index contributed by atoms with van der Waals surface area (Å²) < 4.78 is 5.69. The lowest BCUT2D eigenvalue weighted by molar-refractivity contribution is -0.141. The predicted octanol–water partition coefficient (Wildman–Crippen LogP) is 5.48. The Morgan fingerprint density at radius 1 is 1.00 bits per heavy atom. The minimum atomic E-state index is -0.539. The van der Waals surface area contributed by atoms with E-state index in [1.165, 1.54) is 0 Å². The van der Waals surface area contributed by atoms with Gasteiger partial charge in [0, 0.05) is 29.1 Å². The van der Waals surface area contributed by atoms with Crippen LogP contribution in [0.5, 0.6) is 5.75 Å². The van der Waals surface area contributed by atoms with Crippen molar-refractivity contribution in [2.75, 3.05) is 6.61 Å². The van der Waals surface area contributed by atoms with E-state index in [-0.39, 0.29) is 24.3 Å². The minimum absolute atomic E-state index is 0.00168. The highest BCUT2D eigenvalue weighted by atomic mass is 35.5. The van der Waals surface area contributed by atoms with Crippen LogP contribution in [-0.2, 0) is 16.1 Å². The summed E-state index contributed by atoms with van der Waals surface area (Å²) in [7, 11) is 0. The maximum atomic E-state index is 13.1. The fourth-order valence-corrected chi connectivity index (χ4v) is 3.43. The number of hydrogen-bond acceptors (Lipinski definition) is 3. The van der Waals surface area contributed by atoms with Gasteiger partial charge in [-0.1, -0.05) is 42.3 Å². The zero-order valence-corrected chi connectivity index (χ0v) is 19.7. The number of nitrogens with zero attached hydrogens (tertiary/aromatic N) is 1. The molecule has 0 aliphatic rings. The van der Waals surface area contributed by atoms with Gasteiger partial charge >= 0.3 is 0 Å². The molecular formula is C24H30Cl2N2O3. The molecular weight excluding hydrogens is 435 g/mol. The first-order chi connectivity index (χ1) is 14.8. The van der Waals surface area contributed by atoms with Gasteiger partial charge in [-0.2, -0.15) is 0 Å². The molecule has 2 aromatic rings. The summed E-state index contributed by atoms with van der Waals surface area (Å²) in [5, 5.41) is 4.20. The standard InChI is InChI=1S/C24H30Cl2N2O3/c1-4-22(24(30)27-17(2)3)28(16-18-7-9-19(25)10-8-18)23(29)6-5-15-31-21-13-11-20(26)12-14-21/h7-14,17,22H,4-6,15-16H2,1-3H3,(H,27,30)/t22-/m0/s1. The molecule has 1 atom stereocenters. The Balaban J connectivity index is 2.04. The van der Waals surface area contributed by atoms with Gasteiger partial charge in [-0.25, -0.2) is 0 Å². The van der Waals surface area contributed by atoms with E-state index in [9.17, 15) is 9.59 Å². The normalized spacial score (nSPS) is 11.8. The van der Waals surface area contributed by atoms with Crippen molar-refractivity contribution in [3.05, 3.63) is 64.1 Å². The van der Waals surface area contributed by atoms with Gasteiger partial charge in [-0.15, -0.1) is 0 Å². The molecule has 1 N–H and O–H groups in total. The van der Waals surface area contributed by atoms with Crippen LogP contribution in [0.25, 0.3) is 0 Å². The van der Waals surface area contributed by atoms with Gasteiger partial charge in [0.1, 0.15) is 11.8 Å². The van der Waals surface area contributed by atoms with E-state index < -0.39 is 6.04 Å². The number of halogens is 2. The molecule has 0 radical (unpaired) electrons. The van der Waals surface area contributed by atoms with E-state index >= 15 is 0 Å². The third-order valence-corrected chi connectivity index (χ3v) is 5.20. The van der Waals surface area contributed by atoms with Crippen LogP contribution in [0.1, 0.15) is 45.6 Å². The van der Waals surface area contributed by atoms with Crippen LogP contribution >= 0.6 is 23.2 Å². The Kier molecular flexibility index (Phi) is 10.2. The molecule has 2 amide bonds. The summed E-state index contributed by atoms with van der Waals surface area (Å²) in [5.74, 6) is 0.482. The Hall–Kier alpha value is -2.24. The number of rotatable bonds is 11. The number of amides is 2. The monoisotopic (exact) mass is 464 g/mol. The highest BCUT2D eigenvalue weighted by Gasteiger charge is 2.28. The van der Waals surface area contributed by atoms with Gasteiger partial charge in [0.25, 0.3) is 0 Å². The average molecular weight is 465 g/mol.